The van der Waals surface area contributed by atoms with Crippen LogP contribution in [0.15, 0.2) is 47.3 Å². The number of aromatic nitrogens is 2. The Kier molecular flexibility index (Phi) is 6.17. The molecule has 1 saturated heterocycles. The summed E-state index contributed by atoms with van der Waals surface area (Å²) in [6, 6.07) is 11.4. The SMILES string of the molecule is CCN1CCN(c2ccc(-c3cc(-c4cc(F)c5c(=O)[nH]c(C)c(F)c5c4)c(N)nc3F)cc2)CC1. The summed E-state index contributed by atoms with van der Waals surface area (Å²) in [5.74, 6) is -2.57. The van der Waals surface area contributed by atoms with Crippen molar-refractivity contribution in [3.63, 3.8) is 0 Å². The molecule has 6 nitrogen and oxygen atoms in total. The molecule has 0 amide bonds. The summed E-state index contributed by atoms with van der Waals surface area (Å²) in [5.41, 5.74) is 7.50. The number of hydrogen-bond acceptors (Lipinski definition) is 5. The van der Waals surface area contributed by atoms with E-state index in [1.807, 2.05) is 24.3 Å². The molecule has 0 aliphatic carbocycles. The van der Waals surface area contributed by atoms with E-state index in [1.54, 1.807) is 0 Å². The molecule has 0 unspecified atom stereocenters. The van der Waals surface area contributed by atoms with Gasteiger partial charge in [-0.3, -0.25) is 4.79 Å². The first kappa shape index (κ1) is 23.9. The van der Waals surface area contributed by atoms with Gasteiger partial charge in [-0.05, 0) is 54.9 Å². The van der Waals surface area contributed by atoms with Crippen molar-refractivity contribution in [3.05, 3.63) is 76.1 Å². The monoisotopic (exact) mass is 493 g/mol. The Labute approximate surface area is 206 Å². The highest BCUT2D eigenvalue weighted by Gasteiger charge is 2.19. The summed E-state index contributed by atoms with van der Waals surface area (Å²) in [6.07, 6.45) is 0. The molecule has 0 atom stereocenters. The highest BCUT2D eigenvalue weighted by Crippen LogP contribution is 2.35. The third-order valence-corrected chi connectivity index (χ3v) is 6.86. The second-order valence-electron chi connectivity index (χ2n) is 9.00. The second-order valence-corrected chi connectivity index (χ2v) is 9.00. The number of nitrogens with zero attached hydrogens (tertiary/aromatic N) is 3. The van der Waals surface area contributed by atoms with Crippen LogP contribution >= 0.6 is 0 Å². The van der Waals surface area contributed by atoms with Crippen molar-refractivity contribution in [2.75, 3.05) is 43.4 Å². The second kappa shape index (κ2) is 9.31. The molecule has 3 heterocycles. The Hall–Kier alpha value is -3.85. The van der Waals surface area contributed by atoms with Gasteiger partial charge in [0.15, 0.2) is 0 Å². The van der Waals surface area contributed by atoms with Crippen molar-refractivity contribution in [3.8, 4) is 22.3 Å². The van der Waals surface area contributed by atoms with Crippen molar-refractivity contribution in [2.45, 2.75) is 13.8 Å². The third kappa shape index (κ3) is 4.19. The van der Waals surface area contributed by atoms with Gasteiger partial charge in [-0.25, -0.2) is 13.8 Å². The Morgan fingerprint density at radius 3 is 2.33 bits per heavy atom. The molecule has 186 valence electrons. The first-order valence-corrected chi connectivity index (χ1v) is 11.8. The number of anilines is 2. The number of hydrogen-bond donors (Lipinski definition) is 2. The third-order valence-electron chi connectivity index (χ3n) is 6.86. The molecule has 1 fully saturated rings. The van der Waals surface area contributed by atoms with Crippen LogP contribution in [0.5, 0.6) is 0 Å². The number of pyridine rings is 2. The van der Waals surface area contributed by atoms with Gasteiger partial charge in [0, 0.05) is 48.4 Å². The van der Waals surface area contributed by atoms with Crippen LogP contribution in [0.1, 0.15) is 12.6 Å². The van der Waals surface area contributed by atoms with Gasteiger partial charge in [0.1, 0.15) is 17.5 Å². The van der Waals surface area contributed by atoms with E-state index in [2.05, 4.69) is 26.7 Å². The van der Waals surface area contributed by atoms with E-state index in [9.17, 15) is 18.0 Å². The fourth-order valence-corrected chi connectivity index (χ4v) is 4.77. The molecule has 0 spiro atoms. The van der Waals surface area contributed by atoms with Gasteiger partial charge in [0.25, 0.3) is 5.56 Å². The van der Waals surface area contributed by atoms with Crippen LogP contribution < -0.4 is 16.2 Å². The van der Waals surface area contributed by atoms with E-state index in [4.69, 9.17) is 5.73 Å². The first-order chi connectivity index (χ1) is 17.3. The molecule has 0 radical (unpaired) electrons. The Balaban J connectivity index is 1.53. The smallest absolute Gasteiger partial charge is 0.259 e. The predicted octanol–water partition coefficient (Wildman–Crippen LogP) is 4.71. The van der Waals surface area contributed by atoms with Crippen LogP contribution in [0.2, 0.25) is 0 Å². The normalized spacial score (nSPS) is 14.5. The number of likely N-dealkylation sites (N-methyl/N-ethyl adjacent to an activating group) is 1. The minimum Gasteiger partial charge on any atom is -0.383 e. The van der Waals surface area contributed by atoms with Gasteiger partial charge < -0.3 is 20.5 Å². The van der Waals surface area contributed by atoms with Crippen molar-refractivity contribution < 1.29 is 13.2 Å². The number of aryl methyl sites for hydroxylation is 1. The summed E-state index contributed by atoms with van der Waals surface area (Å²) < 4.78 is 44.5. The maximum atomic E-state index is 14.9. The molecule has 4 aromatic rings. The fraction of sp³-hybridized carbons (Fsp3) is 0.259. The van der Waals surface area contributed by atoms with E-state index in [0.717, 1.165) is 44.5 Å². The zero-order chi connectivity index (χ0) is 25.6. The zero-order valence-electron chi connectivity index (χ0n) is 20.0. The minimum absolute atomic E-state index is 0.00820. The molecule has 9 heteroatoms. The quantitative estimate of drug-likeness (QED) is 0.403. The highest BCUT2D eigenvalue weighted by molar-refractivity contribution is 5.90. The zero-order valence-corrected chi connectivity index (χ0v) is 20.0. The Bertz CT molecular complexity index is 1510. The lowest BCUT2D eigenvalue weighted by Gasteiger charge is -2.35. The molecular formula is C27H26F3N5O. The van der Waals surface area contributed by atoms with Crippen LogP contribution in [0.3, 0.4) is 0 Å². The lowest BCUT2D eigenvalue weighted by Crippen LogP contribution is -2.46. The van der Waals surface area contributed by atoms with E-state index >= 15 is 0 Å². The van der Waals surface area contributed by atoms with Crippen LogP contribution in [-0.4, -0.2) is 47.6 Å². The number of nitrogens with two attached hydrogens (primary N) is 1. The van der Waals surface area contributed by atoms with Crippen LogP contribution in [0.25, 0.3) is 33.0 Å². The van der Waals surface area contributed by atoms with E-state index in [-0.39, 0.29) is 39.0 Å². The molecule has 2 aromatic carbocycles. The van der Waals surface area contributed by atoms with Crippen LogP contribution in [0, 0.1) is 24.5 Å². The number of benzene rings is 2. The number of nitrogen functional groups attached to an aromatic ring is 1. The average Bonchev–Trinajstić information content (AvgIpc) is 2.87. The molecule has 5 rings (SSSR count). The minimum atomic E-state index is -0.902. The van der Waals surface area contributed by atoms with Gasteiger partial charge in [-0.1, -0.05) is 19.1 Å². The molecule has 1 aliphatic rings. The molecule has 2 aromatic heterocycles. The first-order valence-electron chi connectivity index (χ1n) is 11.8. The largest absolute Gasteiger partial charge is 0.383 e. The van der Waals surface area contributed by atoms with Crippen molar-refractivity contribution >= 4 is 22.3 Å². The van der Waals surface area contributed by atoms with Gasteiger partial charge in [-0.2, -0.15) is 4.39 Å². The van der Waals surface area contributed by atoms with Gasteiger partial charge in [-0.15, -0.1) is 0 Å². The maximum Gasteiger partial charge on any atom is 0.259 e. The fourth-order valence-electron chi connectivity index (χ4n) is 4.77. The van der Waals surface area contributed by atoms with Crippen molar-refractivity contribution in [1.29, 1.82) is 0 Å². The summed E-state index contributed by atoms with van der Waals surface area (Å²) in [5, 5.41) is -0.560. The average molecular weight is 494 g/mol. The summed E-state index contributed by atoms with van der Waals surface area (Å²) in [6.45, 7) is 8.39. The number of H-pyrrole nitrogens is 1. The molecule has 0 saturated carbocycles. The summed E-state index contributed by atoms with van der Waals surface area (Å²) >= 11 is 0. The molecule has 3 N–H and O–H groups in total. The standard InChI is InChI=1S/C27H26F3N5O/c1-3-34-8-10-35(11-9-34)18-6-4-16(5-7-18)19-14-20(26(31)33-25(19)30)17-12-21-23(22(28)13-17)27(36)32-15(2)24(21)29/h4-7,12-14H,3,8-11H2,1-2H3,(H2,31,33)(H,32,36). The van der Waals surface area contributed by atoms with Crippen molar-refractivity contribution in [1.82, 2.24) is 14.9 Å². The Morgan fingerprint density at radius 1 is 0.972 bits per heavy atom. The van der Waals surface area contributed by atoms with E-state index in [1.165, 1.54) is 19.1 Å². The van der Waals surface area contributed by atoms with Crippen molar-refractivity contribution in [2.24, 2.45) is 0 Å². The number of fused-ring (bicyclic) bond motifs is 1. The molecule has 0 bridgehead atoms. The summed E-state index contributed by atoms with van der Waals surface area (Å²) in [7, 11) is 0. The molecular weight excluding hydrogens is 467 g/mol. The highest BCUT2D eigenvalue weighted by atomic mass is 19.1. The van der Waals surface area contributed by atoms with Crippen LogP contribution in [0.4, 0.5) is 24.7 Å². The Morgan fingerprint density at radius 2 is 1.67 bits per heavy atom. The van der Waals surface area contributed by atoms with Crippen LogP contribution in [-0.2, 0) is 0 Å². The van der Waals surface area contributed by atoms with Gasteiger partial charge in [0.05, 0.1) is 11.1 Å². The van der Waals surface area contributed by atoms with E-state index in [0.29, 0.717) is 5.56 Å². The lowest BCUT2D eigenvalue weighted by molar-refractivity contribution is 0.271. The number of piperazine rings is 1. The predicted molar refractivity (Wildman–Crippen MR) is 137 cm³/mol. The topological polar surface area (TPSA) is 78.2 Å². The van der Waals surface area contributed by atoms with Gasteiger partial charge in [0.2, 0.25) is 5.95 Å². The maximum absolute atomic E-state index is 14.9. The number of nitrogens with one attached hydrogen (secondary N) is 1. The number of rotatable bonds is 4. The number of aromatic amines is 1. The lowest BCUT2D eigenvalue weighted by atomic mass is 9.98. The molecule has 1 aliphatic heterocycles. The van der Waals surface area contributed by atoms with Gasteiger partial charge >= 0.3 is 0 Å². The van der Waals surface area contributed by atoms with E-state index < -0.39 is 23.1 Å². The summed E-state index contributed by atoms with van der Waals surface area (Å²) in [4.78, 5) is 23.0. The molecule has 36 heavy (non-hydrogen) atoms. The number of halogens is 3.